The van der Waals surface area contributed by atoms with Gasteiger partial charge in [-0.15, -0.1) is 0 Å². The summed E-state index contributed by atoms with van der Waals surface area (Å²) >= 11 is 0. The van der Waals surface area contributed by atoms with Gasteiger partial charge in [0.05, 0.1) is 18.8 Å². The van der Waals surface area contributed by atoms with Crippen molar-refractivity contribution >= 4 is 5.91 Å². The number of aromatic nitrogens is 1. The van der Waals surface area contributed by atoms with E-state index in [2.05, 4.69) is 14.5 Å². The molecule has 0 fully saturated rings. The van der Waals surface area contributed by atoms with E-state index in [0.717, 1.165) is 0 Å². The summed E-state index contributed by atoms with van der Waals surface area (Å²) in [6.45, 7) is 1.38. The van der Waals surface area contributed by atoms with E-state index < -0.39 is 5.91 Å². The van der Waals surface area contributed by atoms with Crippen molar-refractivity contribution in [1.29, 1.82) is 0 Å². The highest BCUT2D eigenvalue weighted by atomic mass is 16.5. The van der Waals surface area contributed by atoms with E-state index in [0.29, 0.717) is 18.8 Å². The molecule has 0 unspecified atom stereocenters. The average molecular weight is 212 g/mol. The highest BCUT2D eigenvalue weighted by Gasteiger charge is 1.94. The van der Waals surface area contributed by atoms with Gasteiger partial charge in [-0.1, -0.05) is 0 Å². The fraction of sp³-hybridized carbons (Fsp3) is 0.400. The van der Waals surface area contributed by atoms with Crippen LogP contribution >= 0.6 is 0 Å². The number of primary amides is 1. The lowest BCUT2D eigenvalue weighted by Crippen LogP contribution is -2.10. The zero-order chi connectivity index (χ0) is 11.5. The van der Waals surface area contributed by atoms with Gasteiger partial charge in [0.15, 0.2) is 0 Å². The summed E-state index contributed by atoms with van der Waals surface area (Å²) in [4.78, 5) is 14.1. The Bertz CT molecular complexity index is 261. The van der Waals surface area contributed by atoms with Gasteiger partial charge in [-0.05, 0) is 12.1 Å². The number of hydrogen-bond donors (Lipinski definition) is 1. The number of nitrogens with zero attached hydrogens (tertiary/aromatic N) is 1. The maximum Gasteiger partial charge on any atom is 0.250 e. The Labute approximate surface area is 89.2 Å². The van der Waals surface area contributed by atoms with Crippen molar-refractivity contribution in [2.24, 2.45) is 5.73 Å². The third-order valence-electron chi connectivity index (χ3n) is 1.44. The number of hydrogen-bond acceptors (Lipinski definition) is 4. The molecule has 0 atom stereocenters. The van der Waals surface area contributed by atoms with Crippen LogP contribution in [0.1, 0.15) is 10.4 Å². The van der Waals surface area contributed by atoms with Crippen LogP contribution in [0.4, 0.5) is 0 Å². The highest BCUT2D eigenvalue weighted by molar-refractivity contribution is 5.92. The summed E-state index contributed by atoms with van der Waals surface area (Å²) in [5, 5.41) is 0. The van der Waals surface area contributed by atoms with E-state index in [-0.39, 0.29) is 0 Å². The summed E-state index contributed by atoms with van der Waals surface area (Å²) in [7, 11) is 3.30. The number of carbonyl (C=O) groups is 1. The molecule has 0 aliphatic heterocycles. The Hall–Kier alpha value is -1.46. The summed E-state index contributed by atoms with van der Waals surface area (Å²) in [5.41, 5.74) is 5.38. The first-order chi connectivity index (χ1) is 7.22. The Morgan fingerprint density at radius 1 is 1.40 bits per heavy atom. The molecule has 0 aliphatic rings. The SMILES string of the molecule is COCCOC.NC(=O)c1cccnc1. The van der Waals surface area contributed by atoms with E-state index >= 15 is 0 Å². The van der Waals surface area contributed by atoms with Crippen molar-refractivity contribution in [2.45, 2.75) is 0 Å². The number of amides is 1. The van der Waals surface area contributed by atoms with Crippen molar-refractivity contribution in [1.82, 2.24) is 4.98 Å². The molecular weight excluding hydrogens is 196 g/mol. The smallest absolute Gasteiger partial charge is 0.250 e. The predicted octanol–water partition coefficient (Wildman–Crippen LogP) is 0.460. The first kappa shape index (κ1) is 13.5. The van der Waals surface area contributed by atoms with Gasteiger partial charge >= 0.3 is 0 Å². The molecule has 5 heteroatoms. The zero-order valence-electron chi connectivity index (χ0n) is 8.97. The Kier molecular flexibility index (Phi) is 8.22. The topological polar surface area (TPSA) is 74.4 Å². The van der Waals surface area contributed by atoms with Crippen molar-refractivity contribution < 1.29 is 14.3 Å². The maximum atomic E-state index is 10.4. The molecule has 84 valence electrons. The van der Waals surface area contributed by atoms with Crippen LogP contribution in [0, 0.1) is 0 Å². The number of ether oxygens (including phenoxy) is 2. The van der Waals surface area contributed by atoms with Crippen molar-refractivity contribution in [2.75, 3.05) is 27.4 Å². The minimum atomic E-state index is -0.442. The minimum Gasteiger partial charge on any atom is -0.382 e. The molecule has 1 aromatic heterocycles. The minimum absolute atomic E-state index is 0.442. The monoisotopic (exact) mass is 212 g/mol. The summed E-state index contributed by atoms with van der Waals surface area (Å²) in [5.74, 6) is -0.442. The first-order valence-corrected chi connectivity index (χ1v) is 4.40. The Morgan fingerprint density at radius 2 is 2.00 bits per heavy atom. The van der Waals surface area contributed by atoms with Crippen LogP contribution in [0.25, 0.3) is 0 Å². The van der Waals surface area contributed by atoms with Gasteiger partial charge in [0, 0.05) is 26.6 Å². The number of carbonyl (C=O) groups excluding carboxylic acids is 1. The molecule has 0 aliphatic carbocycles. The largest absolute Gasteiger partial charge is 0.382 e. The highest BCUT2D eigenvalue weighted by Crippen LogP contribution is 1.91. The zero-order valence-corrected chi connectivity index (χ0v) is 8.97. The van der Waals surface area contributed by atoms with Gasteiger partial charge in [0.25, 0.3) is 0 Å². The van der Waals surface area contributed by atoms with Gasteiger partial charge < -0.3 is 15.2 Å². The lowest BCUT2D eigenvalue weighted by Gasteiger charge is -1.91. The van der Waals surface area contributed by atoms with Crippen LogP contribution in [-0.4, -0.2) is 38.3 Å². The van der Waals surface area contributed by atoms with Crippen LogP contribution in [0.3, 0.4) is 0 Å². The van der Waals surface area contributed by atoms with Gasteiger partial charge in [0.2, 0.25) is 5.91 Å². The van der Waals surface area contributed by atoms with Gasteiger partial charge in [-0.3, -0.25) is 9.78 Å². The summed E-state index contributed by atoms with van der Waals surface area (Å²) in [6, 6.07) is 3.29. The van der Waals surface area contributed by atoms with Crippen molar-refractivity contribution in [3.05, 3.63) is 30.1 Å². The molecule has 15 heavy (non-hydrogen) atoms. The van der Waals surface area contributed by atoms with E-state index in [1.807, 2.05) is 0 Å². The molecule has 1 rings (SSSR count). The molecule has 1 aromatic rings. The predicted molar refractivity (Wildman–Crippen MR) is 56.5 cm³/mol. The molecule has 1 heterocycles. The third kappa shape index (κ3) is 7.60. The van der Waals surface area contributed by atoms with Crippen molar-refractivity contribution in [3.8, 4) is 0 Å². The van der Waals surface area contributed by atoms with E-state index in [4.69, 9.17) is 5.73 Å². The number of nitrogens with two attached hydrogens (primary N) is 1. The average Bonchev–Trinajstić information content (AvgIpc) is 2.28. The van der Waals surface area contributed by atoms with Crippen LogP contribution < -0.4 is 5.73 Å². The van der Waals surface area contributed by atoms with Crippen molar-refractivity contribution in [3.63, 3.8) is 0 Å². The third-order valence-corrected chi connectivity index (χ3v) is 1.44. The maximum absolute atomic E-state index is 10.4. The van der Waals surface area contributed by atoms with Crippen LogP contribution in [0.5, 0.6) is 0 Å². The van der Waals surface area contributed by atoms with Crippen LogP contribution in [-0.2, 0) is 9.47 Å². The van der Waals surface area contributed by atoms with Gasteiger partial charge in [-0.25, -0.2) is 0 Å². The normalized spacial score (nSPS) is 8.93. The standard InChI is InChI=1S/C6H6N2O.C4H10O2/c7-6(9)5-2-1-3-8-4-5;1-5-3-4-6-2/h1-4H,(H2,7,9);3-4H2,1-2H3. The lowest BCUT2D eigenvalue weighted by atomic mass is 10.3. The van der Waals surface area contributed by atoms with E-state index in [1.165, 1.54) is 6.20 Å². The number of methoxy groups -OCH3 is 2. The lowest BCUT2D eigenvalue weighted by molar-refractivity contribution is 0.1000. The number of rotatable bonds is 4. The van der Waals surface area contributed by atoms with Gasteiger partial charge in [0.1, 0.15) is 0 Å². The molecular formula is C10H16N2O3. The quantitative estimate of drug-likeness (QED) is 0.736. The molecule has 0 saturated carbocycles. The summed E-state index contributed by atoms with van der Waals surface area (Å²) in [6.07, 6.45) is 3.02. The fourth-order valence-corrected chi connectivity index (χ4v) is 0.675. The molecule has 0 radical (unpaired) electrons. The molecule has 0 spiro atoms. The molecule has 0 bridgehead atoms. The Morgan fingerprint density at radius 3 is 2.27 bits per heavy atom. The second-order valence-corrected chi connectivity index (χ2v) is 2.59. The second-order valence-electron chi connectivity index (χ2n) is 2.59. The molecule has 0 saturated heterocycles. The fourth-order valence-electron chi connectivity index (χ4n) is 0.675. The van der Waals surface area contributed by atoms with E-state index in [9.17, 15) is 4.79 Å². The van der Waals surface area contributed by atoms with Crippen LogP contribution in [0.2, 0.25) is 0 Å². The number of pyridine rings is 1. The molecule has 2 N–H and O–H groups in total. The van der Waals surface area contributed by atoms with E-state index in [1.54, 1.807) is 32.5 Å². The molecule has 5 nitrogen and oxygen atoms in total. The van der Waals surface area contributed by atoms with Crippen LogP contribution in [0.15, 0.2) is 24.5 Å². The molecule has 0 aromatic carbocycles. The first-order valence-electron chi connectivity index (χ1n) is 4.40. The Balaban J connectivity index is 0.000000288. The van der Waals surface area contributed by atoms with Gasteiger partial charge in [-0.2, -0.15) is 0 Å². The summed E-state index contributed by atoms with van der Waals surface area (Å²) < 4.78 is 9.31. The second kappa shape index (κ2) is 9.11. The molecule has 1 amide bonds.